The summed E-state index contributed by atoms with van der Waals surface area (Å²) in [7, 11) is 0.762. The predicted molar refractivity (Wildman–Crippen MR) is 56.3 cm³/mol. The number of nitrogens with zero attached hydrogens (tertiary/aromatic N) is 1. The van der Waals surface area contributed by atoms with E-state index in [1.54, 1.807) is 6.92 Å². The quantitative estimate of drug-likeness (QED) is 0.252. The molecule has 0 atom stereocenters. The van der Waals surface area contributed by atoms with Crippen molar-refractivity contribution in [2.45, 2.75) is 6.92 Å². The number of esters is 1. The van der Waals surface area contributed by atoms with Gasteiger partial charge in [0.2, 0.25) is 0 Å². The van der Waals surface area contributed by atoms with Crippen LogP contribution in [-0.2, 0) is 14.1 Å². The molecule has 0 aliphatic heterocycles. The summed E-state index contributed by atoms with van der Waals surface area (Å²) < 4.78 is 14.3. The maximum absolute atomic E-state index is 10.9. The lowest BCUT2D eigenvalue weighted by Crippen LogP contribution is -2.38. The number of carbonyl (C=O) groups excluding carboxylic acids is 1. The minimum absolute atomic E-state index is 0.302. The maximum Gasteiger partial charge on any atom is 0.333 e. The van der Waals surface area contributed by atoms with Crippen molar-refractivity contribution in [3.05, 3.63) is 12.2 Å². The second-order valence-electron chi connectivity index (χ2n) is 4.38. The molecule has 0 radical (unpaired) electrons. The molecular formula is C9H18NO6P-2. The fraction of sp³-hybridized carbons (Fsp3) is 0.667. The minimum Gasteiger partial charge on any atom is -0.822 e. The van der Waals surface area contributed by atoms with Gasteiger partial charge in [0.15, 0.2) is 0 Å². The molecule has 8 heteroatoms. The molecule has 0 saturated heterocycles. The second-order valence-corrected chi connectivity index (χ2v) is 5.27. The fourth-order valence-corrected chi connectivity index (χ4v) is 0.535. The van der Waals surface area contributed by atoms with Crippen LogP contribution in [0.2, 0.25) is 0 Å². The first-order chi connectivity index (χ1) is 7.33. The number of hydrogen-bond acceptors (Lipinski definition) is 6. The van der Waals surface area contributed by atoms with E-state index < -0.39 is 7.82 Å². The Kier molecular flexibility index (Phi) is 8.31. The zero-order chi connectivity index (χ0) is 14.3. The Bertz CT molecular complexity index is 295. The van der Waals surface area contributed by atoms with Crippen LogP contribution in [0.1, 0.15) is 6.92 Å². The zero-order valence-electron chi connectivity index (χ0n) is 10.5. The third kappa shape index (κ3) is 25.5. The Morgan fingerprint density at radius 1 is 1.29 bits per heavy atom. The van der Waals surface area contributed by atoms with Gasteiger partial charge in [0, 0.05) is 5.57 Å². The molecule has 17 heavy (non-hydrogen) atoms. The maximum atomic E-state index is 10.9. The first kappa shape index (κ1) is 18.6. The molecule has 0 aliphatic rings. The van der Waals surface area contributed by atoms with Crippen LogP contribution in [0.4, 0.5) is 0 Å². The van der Waals surface area contributed by atoms with Crippen molar-refractivity contribution in [3.8, 4) is 0 Å². The van der Waals surface area contributed by atoms with Gasteiger partial charge in [0.1, 0.15) is 13.2 Å². The van der Waals surface area contributed by atoms with E-state index in [1.807, 2.05) is 0 Å². The van der Waals surface area contributed by atoms with Crippen LogP contribution in [0.3, 0.4) is 0 Å². The number of ether oxygens (including phenoxy) is 1. The van der Waals surface area contributed by atoms with Crippen molar-refractivity contribution in [3.63, 3.8) is 0 Å². The summed E-state index contributed by atoms with van der Waals surface area (Å²) in [4.78, 5) is 36.5. The van der Waals surface area contributed by atoms with Crippen LogP contribution in [0.25, 0.3) is 0 Å². The SMILES string of the molecule is C=C(C)C(=O)OCC[N+](C)(C)C.O=P([O-])([O-])[O-]. The Hall–Kier alpha value is -0.720. The summed E-state index contributed by atoms with van der Waals surface area (Å²) in [6.07, 6.45) is 0. The monoisotopic (exact) mass is 267 g/mol. The molecule has 7 nitrogen and oxygen atoms in total. The van der Waals surface area contributed by atoms with E-state index in [1.165, 1.54) is 0 Å². The van der Waals surface area contributed by atoms with Gasteiger partial charge in [0.05, 0.1) is 21.1 Å². The van der Waals surface area contributed by atoms with Crippen molar-refractivity contribution in [1.29, 1.82) is 0 Å². The zero-order valence-corrected chi connectivity index (χ0v) is 11.4. The molecule has 0 spiro atoms. The molecule has 0 aromatic rings. The molecule has 0 heterocycles. The number of rotatable bonds is 4. The molecule has 0 bridgehead atoms. The molecule has 0 rings (SSSR count). The van der Waals surface area contributed by atoms with Gasteiger partial charge in [-0.1, -0.05) is 6.58 Å². The topological polar surface area (TPSA) is 113 Å². The van der Waals surface area contributed by atoms with Gasteiger partial charge in [-0.05, 0) is 6.92 Å². The molecule has 0 unspecified atom stereocenters. The van der Waals surface area contributed by atoms with E-state index in [4.69, 9.17) is 24.0 Å². The van der Waals surface area contributed by atoms with Gasteiger partial charge in [-0.2, -0.15) is 7.82 Å². The van der Waals surface area contributed by atoms with Crippen LogP contribution < -0.4 is 14.7 Å². The van der Waals surface area contributed by atoms with Gasteiger partial charge in [-0.25, -0.2) is 4.79 Å². The number of carbonyl (C=O) groups is 1. The molecule has 0 fully saturated rings. The molecule has 0 aromatic carbocycles. The fourth-order valence-electron chi connectivity index (χ4n) is 0.535. The highest BCUT2D eigenvalue weighted by molar-refractivity contribution is 7.40. The number of quaternary nitrogens is 1. The Morgan fingerprint density at radius 3 is 1.88 bits per heavy atom. The van der Waals surface area contributed by atoms with E-state index in [-0.39, 0.29) is 5.97 Å². The Balaban J connectivity index is 0. The van der Waals surface area contributed by atoms with E-state index in [2.05, 4.69) is 27.7 Å². The van der Waals surface area contributed by atoms with Gasteiger partial charge >= 0.3 is 5.97 Å². The molecular weight excluding hydrogens is 249 g/mol. The van der Waals surface area contributed by atoms with E-state index in [0.717, 1.165) is 11.0 Å². The first-order valence-corrected chi connectivity index (χ1v) is 6.15. The summed E-state index contributed by atoms with van der Waals surface area (Å²) in [6, 6.07) is 0. The molecule has 0 amide bonds. The van der Waals surface area contributed by atoms with E-state index in [0.29, 0.717) is 12.2 Å². The third-order valence-corrected chi connectivity index (χ3v) is 1.34. The van der Waals surface area contributed by atoms with Crippen LogP contribution >= 0.6 is 7.82 Å². The lowest BCUT2D eigenvalue weighted by atomic mass is 10.4. The highest BCUT2D eigenvalue weighted by Gasteiger charge is 2.09. The largest absolute Gasteiger partial charge is 0.822 e. The summed E-state index contributed by atoms with van der Waals surface area (Å²) in [5.41, 5.74) is 0.455. The third-order valence-electron chi connectivity index (χ3n) is 1.34. The van der Waals surface area contributed by atoms with E-state index >= 15 is 0 Å². The van der Waals surface area contributed by atoms with Crippen LogP contribution in [0, 0.1) is 0 Å². The smallest absolute Gasteiger partial charge is 0.333 e. The average Bonchev–Trinajstić information content (AvgIpc) is 1.97. The summed E-state index contributed by atoms with van der Waals surface area (Å²) in [6.45, 7) is 6.41. The average molecular weight is 267 g/mol. The van der Waals surface area contributed by atoms with Gasteiger partial charge in [0.25, 0.3) is 0 Å². The predicted octanol–water partition coefficient (Wildman–Crippen LogP) is -2.01. The van der Waals surface area contributed by atoms with Crippen molar-refractivity contribution in [2.75, 3.05) is 34.3 Å². The van der Waals surface area contributed by atoms with Crippen molar-refractivity contribution < 1.29 is 33.3 Å². The summed E-state index contributed by atoms with van der Waals surface area (Å²) >= 11 is 0. The van der Waals surface area contributed by atoms with Crippen LogP contribution in [0.15, 0.2) is 12.2 Å². The van der Waals surface area contributed by atoms with Crippen molar-refractivity contribution >= 4 is 13.8 Å². The molecule has 102 valence electrons. The Labute approximate surface area is 101 Å². The summed E-state index contributed by atoms with van der Waals surface area (Å²) in [5, 5.41) is 0. The lowest BCUT2D eigenvalue weighted by Gasteiger charge is -2.36. The normalized spacial score (nSPS) is 11.2. The first-order valence-electron chi connectivity index (χ1n) is 4.69. The number of phosphoric acid groups is 1. The number of hydrogen-bond donors (Lipinski definition) is 0. The minimum atomic E-state index is -5.39. The summed E-state index contributed by atoms with van der Waals surface area (Å²) in [5.74, 6) is -0.302. The van der Waals surface area contributed by atoms with Gasteiger partial charge in [-0.3, -0.25) is 0 Å². The number of likely N-dealkylation sites (N-methyl/N-ethyl adjacent to an activating group) is 1. The Morgan fingerprint density at radius 2 is 1.65 bits per heavy atom. The van der Waals surface area contributed by atoms with Gasteiger partial charge in [-0.15, -0.1) is 0 Å². The highest BCUT2D eigenvalue weighted by Crippen LogP contribution is 2.03. The lowest BCUT2D eigenvalue weighted by molar-refractivity contribution is -0.870. The second kappa shape index (κ2) is 7.58. The van der Waals surface area contributed by atoms with E-state index in [9.17, 15) is 4.79 Å². The van der Waals surface area contributed by atoms with Crippen molar-refractivity contribution in [2.24, 2.45) is 0 Å². The molecule has 0 aromatic heterocycles. The standard InChI is InChI=1S/C9H18NO2.H3O4P/c1-8(2)9(11)12-7-6-10(3,4)5;1-5(2,3)4/h1,6-7H2,2-5H3;(H3,1,2,3,4)/q+1;/p-3. The molecule has 0 N–H and O–H groups in total. The van der Waals surface area contributed by atoms with Crippen molar-refractivity contribution in [1.82, 2.24) is 0 Å². The highest BCUT2D eigenvalue weighted by atomic mass is 31.2. The molecule has 0 aliphatic carbocycles. The van der Waals surface area contributed by atoms with Crippen LogP contribution in [-0.4, -0.2) is 44.7 Å². The molecule has 0 saturated carbocycles. The van der Waals surface area contributed by atoms with Gasteiger partial charge < -0.3 is 28.5 Å². The van der Waals surface area contributed by atoms with Crippen LogP contribution in [0.5, 0.6) is 0 Å².